The van der Waals surface area contributed by atoms with Gasteiger partial charge in [0.1, 0.15) is 5.82 Å². The average molecular weight is 490 g/mol. The highest BCUT2D eigenvalue weighted by atomic mass is 127. The Morgan fingerprint density at radius 1 is 1.30 bits per heavy atom. The lowest BCUT2D eigenvalue weighted by Crippen LogP contribution is -2.42. The van der Waals surface area contributed by atoms with Gasteiger partial charge < -0.3 is 15.0 Å². The minimum absolute atomic E-state index is 0. The van der Waals surface area contributed by atoms with Gasteiger partial charge in [-0.15, -0.1) is 24.0 Å². The molecular formula is C20H32FIN4O. The van der Waals surface area contributed by atoms with Crippen LogP contribution < -0.4 is 5.32 Å². The summed E-state index contributed by atoms with van der Waals surface area (Å²) in [5.74, 6) is 1.54. The van der Waals surface area contributed by atoms with E-state index in [9.17, 15) is 4.39 Å². The van der Waals surface area contributed by atoms with E-state index < -0.39 is 0 Å². The maximum absolute atomic E-state index is 13.2. The molecule has 0 bridgehead atoms. The molecule has 0 aromatic heterocycles. The van der Waals surface area contributed by atoms with E-state index in [0.29, 0.717) is 5.92 Å². The molecule has 3 rings (SSSR count). The molecule has 5 nitrogen and oxygen atoms in total. The van der Waals surface area contributed by atoms with Crippen molar-refractivity contribution in [1.82, 2.24) is 15.1 Å². The number of rotatable bonds is 6. The number of likely N-dealkylation sites (tertiary alicyclic amines) is 1. The zero-order chi connectivity index (χ0) is 18.2. The number of aryl methyl sites for hydroxylation is 1. The summed E-state index contributed by atoms with van der Waals surface area (Å²) in [6, 6.07) is 6.86. The van der Waals surface area contributed by atoms with E-state index in [4.69, 9.17) is 4.74 Å². The Bertz CT molecular complexity index is 595. The second-order valence-corrected chi connectivity index (χ2v) is 7.22. The number of hydrogen-bond donors (Lipinski definition) is 1. The van der Waals surface area contributed by atoms with Crippen molar-refractivity contribution in [1.29, 1.82) is 0 Å². The number of guanidine groups is 1. The van der Waals surface area contributed by atoms with E-state index in [0.717, 1.165) is 76.8 Å². The van der Waals surface area contributed by atoms with Crippen molar-refractivity contribution in [3.63, 3.8) is 0 Å². The van der Waals surface area contributed by atoms with Gasteiger partial charge in [-0.1, -0.05) is 12.1 Å². The number of ether oxygens (including phenoxy) is 1. The van der Waals surface area contributed by atoms with Crippen LogP contribution >= 0.6 is 24.0 Å². The molecule has 7 heteroatoms. The summed E-state index contributed by atoms with van der Waals surface area (Å²) in [5.41, 5.74) is 1.05. The maximum Gasteiger partial charge on any atom is 0.193 e. The summed E-state index contributed by atoms with van der Waals surface area (Å²) in [6.07, 6.45) is 3.07. The summed E-state index contributed by atoms with van der Waals surface area (Å²) in [4.78, 5) is 9.34. The lowest BCUT2D eigenvalue weighted by Gasteiger charge is -2.29. The van der Waals surface area contributed by atoms with Gasteiger partial charge in [0.2, 0.25) is 0 Å². The average Bonchev–Trinajstić information content (AvgIpc) is 3.11. The third kappa shape index (κ3) is 7.19. The van der Waals surface area contributed by atoms with Crippen molar-refractivity contribution in [2.45, 2.75) is 19.3 Å². The Morgan fingerprint density at radius 2 is 2.11 bits per heavy atom. The summed E-state index contributed by atoms with van der Waals surface area (Å²) >= 11 is 0. The number of morpholine rings is 1. The van der Waals surface area contributed by atoms with E-state index >= 15 is 0 Å². The standard InChI is InChI=1S/C20H31FN4O.HI/c1-22-20(23-8-3-5-17-4-2-6-19(21)14-17)25-9-7-18(16-25)15-24-10-12-26-13-11-24;/h2,4,6,14,18H,3,5,7-13,15-16H2,1H3,(H,22,23);1H. The first-order valence-electron chi connectivity index (χ1n) is 9.75. The van der Waals surface area contributed by atoms with E-state index in [1.165, 1.54) is 12.5 Å². The van der Waals surface area contributed by atoms with Crippen LogP contribution in [0.4, 0.5) is 4.39 Å². The molecule has 0 saturated carbocycles. The van der Waals surface area contributed by atoms with Crippen molar-refractivity contribution >= 4 is 29.9 Å². The fraction of sp³-hybridized carbons (Fsp3) is 0.650. The minimum atomic E-state index is -0.158. The lowest BCUT2D eigenvalue weighted by molar-refractivity contribution is 0.0315. The van der Waals surface area contributed by atoms with Gasteiger partial charge in [-0.3, -0.25) is 9.89 Å². The van der Waals surface area contributed by atoms with Crippen LogP contribution in [-0.4, -0.2) is 75.3 Å². The SMILES string of the molecule is CN=C(NCCCc1cccc(F)c1)N1CCC(CN2CCOCC2)C1.I. The molecule has 0 radical (unpaired) electrons. The van der Waals surface area contributed by atoms with Crippen LogP contribution in [0, 0.1) is 11.7 Å². The first kappa shape index (κ1) is 22.4. The number of benzene rings is 1. The quantitative estimate of drug-likeness (QED) is 0.288. The van der Waals surface area contributed by atoms with Gasteiger partial charge in [0.25, 0.3) is 0 Å². The predicted molar refractivity (Wildman–Crippen MR) is 118 cm³/mol. The molecule has 27 heavy (non-hydrogen) atoms. The second kappa shape index (κ2) is 11.8. The summed E-state index contributed by atoms with van der Waals surface area (Å²) in [6.45, 7) is 8.01. The van der Waals surface area contributed by atoms with E-state index in [1.807, 2.05) is 13.1 Å². The molecule has 1 N–H and O–H groups in total. The van der Waals surface area contributed by atoms with E-state index in [-0.39, 0.29) is 29.8 Å². The molecule has 2 aliphatic rings. The normalized spacial score (nSPS) is 21.2. The van der Waals surface area contributed by atoms with Gasteiger partial charge in [-0.25, -0.2) is 4.39 Å². The number of hydrogen-bond acceptors (Lipinski definition) is 3. The molecule has 2 fully saturated rings. The second-order valence-electron chi connectivity index (χ2n) is 7.22. The Kier molecular flexibility index (Phi) is 9.78. The number of nitrogens with zero attached hydrogens (tertiary/aromatic N) is 3. The third-order valence-corrected chi connectivity index (χ3v) is 5.23. The Morgan fingerprint density at radius 3 is 2.85 bits per heavy atom. The van der Waals surface area contributed by atoms with Crippen LogP contribution in [0.15, 0.2) is 29.3 Å². The number of halogens is 2. The molecule has 0 spiro atoms. The largest absolute Gasteiger partial charge is 0.379 e. The van der Waals surface area contributed by atoms with Gasteiger partial charge in [0.05, 0.1) is 13.2 Å². The Hall–Kier alpha value is -0.930. The zero-order valence-corrected chi connectivity index (χ0v) is 18.5. The van der Waals surface area contributed by atoms with Gasteiger partial charge in [0, 0.05) is 46.3 Å². The summed E-state index contributed by atoms with van der Waals surface area (Å²) in [7, 11) is 1.85. The molecule has 2 aliphatic heterocycles. The lowest BCUT2D eigenvalue weighted by atomic mass is 10.1. The topological polar surface area (TPSA) is 40.1 Å². The van der Waals surface area contributed by atoms with Gasteiger partial charge in [0.15, 0.2) is 5.96 Å². The highest BCUT2D eigenvalue weighted by Gasteiger charge is 2.26. The first-order valence-corrected chi connectivity index (χ1v) is 9.75. The molecule has 1 unspecified atom stereocenters. The molecule has 0 aliphatic carbocycles. The van der Waals surface area contributed by atoms with Gasteiger partial charge >= 0.3 is 0 Å². The van der Waals surface area contributed by atoms with Crippen LogP contribution in [-0.2, 0) is 11.2 Å². The molecule has 0 amide bonds. The number of aliphatic imine (C=N–C) groups is 1. The molecule has 1 aromatic rings. The summed E-state index contributed by atoms with van der Waals surface area (Å²) in [5, 5.41) is 3.47. The molecular weight excluding hydrogens is 458 g/mol. The highest BCUT2D eigenvalue weighted by Crippen LogP contribution is 2.18. The smallest absolute Gasteiger partial charge is 0.193 e. The molecule has 152 valence electrons. The first-order chi connectivity index (χ1) is 12.7. The zero-order valence-electron chi connectivity index (χ0n) is 16.2. The molecule has 2 saturated heterocycles. The van der Waals surface area contributed by atoms with Gasteiger partial charge in [-0.05, 0) is 42.9 Å². The van der Waals surface area contributed by atoms with E-state index in [1.54, 1.807) is 12.1 Å². The van der Waals surface area contributed by atoms with Gasteiger partial charge in [-0.2, -0.15) is 0 Å². The van der Waals surface area contributed by atoms with Crippen molar-refractivity contribution in [2.24, 2.45) is 10.9 Å². The van der Waals surface area contributed by atoms with Crippen molar-refractivity contribution in [2.75, 3.05) is 59.5 Å². The minimum Gasteiger partial charge on any atom is -0.379 e. The maximum atomic E-state index is 13.2. The molecule has 1 atom stereocenters. The van der Waals surface area contributed by atoms with Crippen molar-refractivity contribution in [3.05, 3.63) is 35.6 Å². The monoisotopic (exact) mass is 490 g/mol. The van der Waals surface area contributed by atoms with Crippen molar-refractivity contribution < 1.29 is 9.13 Å². The Balaban J connectivity index is 0.00000261. The van der Waals surface area contributed by atoms with E-state index in [2.05, 4.69) is 20.1 Å². The van der Waals surface area contributed by atoms with Crippen LogP contribution in [0.2, 0.25) is 0 Å². The van der Waals surface area contributed by atoms with Crippen molar-refractivity contribution in [3.8, 4) is 0 Å². The molecule has 2 heterocycles. The fourth-order valence-corrected chi connectivity index (χ4v) is 3.84. The number of nitrogens with one attached hydrogen (secondary N) is 1. The summed E-state index contributed by atoms with van der Waals surface area (Å²) < 4.78 is 18.6. The van der Waals surface area contributed by atoms with Crippen LogP contribution in [0.5, 0.6) is 0 Å². The highest BCUT2D eigenvalue weighted by molar-refractivity contribution is 14.0. The fourth-order valence-electron chi connectivity index (χ4n) is 3.84. The molecule has 1 aromatic carbocycles. The van der Waals surface area contributed by atoms with Crippen LogP contribution in [0.3, 0.4) is 0 Å². The third-order valence-electron chi connectivity index (χ3n) is 5.23. The predicted octanol–water partition coefficient (Wildman–Crippen LogP) is 2.61. The van der Waals surface area contributed by atoms with Crippen LogP contribution in [0.25, 0.3) is 0 Å². The van der Waals surface area contributed by atoms with Crippen LogP contribution in [0.1, 0.15) is 18.4 Å². The Labute approximate surface area is 179 Å².